The van der Waals surface area contributed by atoms with Gasteiger partial charge in [0.05, 0.1) is 0 Å². The van der Waals surface area contributed by atoms with Gasteiger partial charge in [-0.2, -0.15) is 0 Å². The van der Waals surface area contributed by atoms with Crippen molar-refractivity contribution in [3.8, 4) is 0 Å². The predicted molar refractivity (Wildman–Crippen MR) is 311 cm³/mol. The molecular weight excluding hydrogens is 889 g/mol. The molecule has 0 aromatic rings. The van der Waals surface area contributed by atoms with E-state index in [1.807, 2.05) is 0 Å². The Morgan fingerprint density at radius 1 is 0.292 bits per heavy atom. The molecule has 0 aliphatic rings. The molecule has 6 nitrogen and oxygen atoms in total. The van der Waals surface area contributed by atoms with Crippen molar-refractivity contribution < 1.29 is 28.6 Å². The molecule has 0 aromatic carbocycles. The zero-order chi connectivity index (χ0) is 52.2. The Bertz CT molecular complexity index is 1380. The molecule has 0 radical (unpaired) electrons. The number of ether oxygens (including phenoxy) is 3. The molecule has 1 unspecified atom stereocenters. The quantitative estimate of drug-likeness (QED) is 0.0261. The minimum atomic E-state index is -0.787. The van der Waals surface area contributed by atoms with Crippen LogP contribution in [0.5, 0.6) is 0 Å². The van der Waals surface area contributed by atoms with Crippen LogP contribution in [-0.2, 0) is 28.6 Å². The molecule has 0 bridgehead atoms. The zero-order valence-corrected chi connectivity index (χ0v) is 47.4. The van der Waals surface area contributed by atoms with E-state index >= 15 is 0 Å². The minimum absolute atomic E-state index is 0.0848. The van der Waals surface area contributed by atoms with Gasteiger partial charge < -0.3 is 14.2 Å². The van der Waals surface area contributed by atoms with Crippen LogP contribution in [0, 0.1) is 0 Å². The first-order chi connectivity index (χ1) is 35.5. The summed E-state index contributed by atoms with van der Waals surface area (Å²) in [7, 11) is 0. The number of rotatable bonds is 55. The second-order valence-corrected chi connectivity index (χ2v) is 20.2. The molecule has 1 atom stereocenters. The van der Waals surface area contributed by atoms with Crippen molar-refractivity contribution in [2.24, 2.45) is 0 Å². The van der Waals surface area contributed by atoms with E-state index in [4.69, 9.17) is 14.2 Å². The minimum Gasteiger partial charge on any atom is -0.462 e. The normalized spacial score (nSPS) is 12.7. The van der Waals surface area contributed by atoms with E-state index in [2.05, 4.69) is 106 Å². The summed E-state index contributed by atoms with van der Waals surface area (Å²) in [5.41, 5.74) is 0. The van der Waals surface area contributed by atoms with E-state index in [0.717, 1.165) is 109 Å². The number of unbranched alkanes of at least 4 members (excludes halogenated alkanes) is 30. The number of allylic oxidation sites excluding steroid dienone is 14. The van der Waals surface area contributed by atoms with Gasteiger partial charge >= 0.3 is 17.9 Å². The monoisotopic (exact) mass is 1000 g/mol. The molecule has 0 amide bonds. The van der Waals surface area contributed by atoms with Gasteiger partial charge in [0, 0.05) is 19.3 Å². The SMILES string of the molecule is CC/C=C\C/C=C\C/C=C\C/C=C\CCCCCCC(=O)OC(COC(=O)CCCCCCCCCC)COC(=O)CCCCCCCCCCCCCCCC/C=C\C/C=C\C/C=C\CCCCCCC. The third-order valence-corrected chi connectivity index (χ3v) is 13.1. The van der Waals surface area contributed by atoms with Crippen LogP contribution >= 0.6 is 0 Å². The molecule has 0 rings (SSSR count). The molecular formula is C66H114O6. The topological polar surface area (TPSA) is 78.9 Å². The Hall–Kier alpha value is -3.41. The maximum absolute atomic E-state index is 12.8. The van der Waals surface area contributed by atoms with Crippen LogP contribution in [0.1, 0.15) is 297 Å². The summed E-state index contributed by atoms with van der Waals surface area (Å²) in [5.74, 6) is -0.907. The van der Waals surface area contributed by atoms with Crippen LogP contribution in [0.2, 0.25) is 0 Å². The summed E-state index contributed by atoms with van der Waals surface area (Å²) in [6.07, 6.45) is 78.9. The second kappa shape index (κ2) is 60.1. The van der Waals surface area contributed by atoms with Gasteiger partial charge in [-0.15, -0.1) is 0 Å². The Morgan fingerprint density at radius 2 is 0.542 bits per heavy atom. The first-order valence-corrected chi connectivity index (χ1v) is 30.6. The van der Waals surface area contributed by atoms with E-state index in [9.17, 15) is 14.4 Å². The highest BCUT2D eigenvalue weighted by molar-refractivity contribution is 5.71. The Morgan fingerprint density at radius 3 is 0.847 bits per heavy atom. The maximum atomic E-state index is 12.8. The van der Waals surface area contributed by atoms with Gasteiger partial charge in [0.2, 0.25) is 0 Å². The third kappa shape index (κ3) is 57.5. The van der Waals surface area contributed by atoms with E-state index in [1.165, 1.54) is 148 Å². The molecule has 0 heterocycles. The average molecular weight is 1000 g/mol. The average Bonchev–Trinajstić information content (AvgIpc) is 3.38. The molecule has 72 heavy (non-hydrogen) atoms. The lowest BCUT2D eigenvalue weighted by molar-refractivity contribution is -0.167. The summed E-state index contributed by atoms with van der Waals surface area (Å²) >= 11 is 0. The first kappa shape index (κ1) is 68.6. The van der Waals surface area contributed by atoms with Crippen molar-refractivity contribution in [2.45, 2.75) is 303 Å². The van der Waals surface area contributed by atoms with E-state index in [-0.39, 0.29) is 31.1 Å². The molecule has 0 aliphatic heterocycles. The number of esters is 3. The van der Waals surface area contributed by atoms with Crippen molar-refractivity contribution in [3.63, 3.8) is 0 Å². The van der Waals surface area contributed by atoms with E-state index < -0.39 is 6.10 Å². The maximum Gasteiger partial charge on any atom is 0.306 e. The highest BCUT2D eigenvalue weighted by Crippen LogP contribution is 2.16. The van der Waals surface area contributed by atoms with Crippen molar-refractivity contribution in [1.82, 2.24) is 0 Å². The van der Waals surface area contributed by atoms with Gasteiger partial charge in [-0.1, -0.05) is 266 Å². The van der Waals surface area contributed by atoms with Gasteiger partial charge in [-0.3, -0.25) is 14.4 Å². The fraction of sp³-hybridized carbons (Fsp3) is 0.742. The summed E-state index contributed by atoms with van der Waals surface area (Å²) in [4.78, 5) is 38.0. The second-order valence-electron chi connectivity index (χ2n) is 20.2. The summed E-state index contributed by atoms with van der Waals surface area (Å²) < 4.78 is 16.8. The highest BCUT2D eigenvalue weighted by Gasteiger charge is 2.19. The molecule has 0 saturated heterocycles. The van der Waals surface area contributed by atoms with Crippen LogP contribution in [0.4, 0.5) is 0 Å². The summed E-state index contributed by atoms with van der Waals surface area (Å²) in [6, 6.07) is 0. The van der Waals surface area contributed by atoms with Gasteiger partial charge in [0.15, 0.2) is 6.10 Å². The third-order valence-electron chi connectivity index (χ3n) is 13.1. The van der Waals surface area contributed by atoms with Crippen LogP contribution in [0.3, 0.4) is 0 Å². The van der Waals surface area contributed by atoms with Gasteiger partial charge in [0.25, 0.3) is 0 Å². The largest absolute Gasteiger partial charge is 0.462 e. The molecule has 0 spiro atoms. The van der Waals surface area contributed by atoms with Crippen molar-refractivity contribution >= 4 is 17.9 Å². The molecule has 6 heteroatoms. The molecule has 414 valence electrons. The summed E-state index contributed by atoms with van der Waals surface area (Å²) in [5, 5.41) is 0. The summed E-state index contributed by atoms with van der Waals surface area (Å²) in [6.45, 7) is 6.48. The fourth-order valence-electron chi connectivity index (χ4n) is 8.56. The fourth-order valence-corrected chi connectivity index (χ4v) is 8.56. The number of hydrogen-bond acceptors (Lipinski definition) is 6. The number of carbonyl (C=O) groups excluding carboxylic acids is 3. The molecule has 0 fully saturated rings. The molecule has 0 saturated carbocycles. The van der Waals surface area contributed by atoms with E-state index in [1.54, 1.807) is 0 Å². The Balaban J connectivity index is 4.15. The Labute approximate surface area is 445 Å². The van der Waals surface area contributed by atoms with Crippen molar-refractivity contribution in [3.05, 3.63) is 85.1 Å². The lowest BCUT2D eigenvalue weighted by atomic mass is 10.0. The molecule has 0 aromatic heterocycles. The van der Waals surface area contributed by atoms with E-state index in [0.29, 0.717) is 19.3 Å². The number of hydrogen-bond donors (Lipinski definition) is 0. The number of carbonyl (C=O) groups is 3. The van der Waals surface area contributed by atoms with Crippen molar-refractivity contribution in [2.75, 3.05) is 13.2 Å². The lowest BCUT2D eigenvalue weighted by Gasteiger charge is -2.18. The molecule has 0 N–H and O–H groups in total. The Kier molecular flexibility index (Phi) is 57.3. The predicted octanol–water partition coefficient (Wildman–Crippen LogP) is 20.7. The van der Waals surface area contributed by atoms with Crippen molar-refractivity contribution in [1.29, 1.82) is 0 Å². The van der Waals surface area contributed by atoms with Gasteiger partial charge in [-0.05, 0) is 96.3 Å². The smallest absolute Gasteiger partial charge is 0.306 e. The van der Waals surface area contributed by atoms with Crippen LogP contribution < -0.4 is 0 Å². The molecule has 0 aliphatic carbocycles. The van der Waals surface area contributed by atoms with Gasteiger partial charge in [0.1, 0.15) is 13.2 Å². The highest BCUT2D eigenvalue weighted by atomic mass is 16.6. The zero-order valence-electron chi connectivity index (χ0n) is 47.4. The van der Waals surface area contributed by atoms with Gasteiger partial charge in [-0.25, -0.2) is 0 Å². The standard InChI is InChI=1S/C66H114O6/c1-4-7-10-13-16-19-21-23-25-27-28-29-30-31-32-33-34-35-36-37-38-40-41-43-45-47-50-53-56-59-65(68)71-62-63(61-70-64(67)58-55-52-49-18-15-12-9-6-3)72-66(69)60-57-54-51-48-46-44-42-39-26-24-22-20-17-14-11-8-5-2/h8,11,17,20-21,23-24,26-28,30-31,42,44,63H,4-7,9-10,12-16,18-19,22,25,29,32-41,43,45-62H2,1-3H3/b11-8-,20-17-,23-21-,26-24-,28-27-,31-30-,44-42-. The lowest BCUT2D eigenvalue weighted by Crippen LogP contribution is -2.30. The first-order valence-electron chi connectivity index (χ1n) is 30.6. The van der Waals surface area contributed by atoms with Crippen LogP contribution in [-0.4, -0.2) is 37.2 Å². The van der Waals surface area contributed by atoms with Crippen LogP contribution in [0.15, 0.2) is 85.1 Å². The van der Waals surface area contributed by atoms with Crippen LogP contribution in [0.25, 0.3) is 0 Å².